The molecule has 2 aromatic rings. The summed E-state index contributed by atoms with van der Waals surface area (Å²) in [5.74, 6) is -1.50. The number of anilines is 1. The second-order valence-corrected chi connectivity index (χ2v) is 4.99. The largest absolute Gasteiger partial charge is 0.505 e. The molecule has 0 saturated carbocycles. The van der Waals surface area contributed by atoms with Gasteiger partial charge < -0.3 is 15.6 Å². The fraction of sp³-hybridized carbons (Fsp3) is 0.222. The SMILES string of the molecule is CCOC(=O)c1cc(CC)c(N)c(O)c1C(=O)c1ccccc1. The Morgan fingerprint density at radius 1 is 1.17 bits per heavy atom. The van der Waals surface area contributed by atoms with Crippen molar-refractivity contribution in [3.8, 4) is 5.75 Å². The summed E-state index contributed by atoms with van der Waals surface area (Å²) >= 11 is 0. The number of phenolic OH excluding ortho intramolecular Hbond substituents is 1. The van der Waals surface area contributed by atoms with Gasteiger partial charge in [0.15, 0.2) is 11.5 Å². The second-order valence-electron chi connectivity index (χ2n) is 4.99. The van der Waals surface area contributed by atoms with Crippen LogP contribution in [-0.4, -0.2) is 23.5 Å². The van der Waals surface area contributed by atoms with Crippen molar-refractivity contribution in [1.29, 1.82) is 0 Å². The third-order valence-corrected chi connectivity index (χ3v) is 3.57. The van der Waals surface area contributed by atoms with Crippen molar-refractivity contribution < 1.29 is 19.4 Å². The molecule has 2 aromatic carbocycles. The van der Waals surface area contributed by atoms with Gasteiger partial charge in [-0.3, -0.25) is 4.79 Å². The fourth-order valence-corrected chi connectivity index (χ4v) is 2.36. The van der Waals surface area contributed by atoms with Crippen molar-refractivity contribution in [3.05, 3.63) is 58.7 Å². The molecule has 0 aliphatic heterocycles. The lowest BCUT2D eigenvalue weighted by Gasteiger charge is -2.15. The van der Waals surface area contributed by atoms with E-state index < -0.39 is 11.8 Å². The zero-order valence-corrected chi connectivity index (χ0v) is 13.1. The van der Waals surface area contributed by atoms with Crippen LogP contribution in [0, 0.1) is 0 Å². The summed E-state index contributed by atoms with van der Waals surface area (Å²) in [5, 5.41) is 10.4. The van der Waals surface area contributed by atoms with Gasteiger partial charge in [0.2, 0.25) is 0 Å². The molecule has 0 aromatic heterocycles. The molecule has 2 rings (SSSR count). The first kappa shape index (κ1) is 16.5. The van der Waals surface area contributed by atoms with Gasteiger partial charge in [-0.05, 0) is 25.0 Å². The average molecular weight is 313 g/mol. The van der Waals surface area contributed by atoms with E-state index in [1.165, 1.54) is 6.07 Å². The number of rotatable bonds is 5. The first-order valence-corrected chi connectivity index (χ1v) is 7.42. The number of nitrogen functional groups attached to an aromatic ring is 1. The van der Waals surface area contributed by atoms with Crippen LogP contribution in [0.25, 0.3) is 0 Å². The van der Waals surface area contributed by atoms with E-state index in [1.807, 2.05) is 6.92 Å². The highest BCUT2D eigenvalue weighted by atomic mass is 16.5. The number of hydrogen-bond acceptors (Lipinski definition) is 5. The number of hydrogen-bond donors (Lipinski definition) is 2. The molecule has 5 nitrogen and oxygen atoms in total. The molecule has 0 aliphatic rings. The maximum absolute atomic E-state index is 12.7. The van der Waals surface area contributed by atoms with Crippen LogP contribution < -0.4 is 5.73 Å². The van der Waals surface area contributed by atoms with E-state index in [-0.39, 0.29) is 29.2 Å². The lowest BCUT2D eigenvalue weighted by atomic mass is 9.93. The highest BCUT2D eigenvalue weighted by molar-refractivity contribution is 6.17. The molecular weight excluding hydrogens is 294 g/mol. The zero-order chi connectivity index (χ0) is 17.0. The quantitative estimate of drug-likeness (QED) is 0.383. The van der Waals surface area contributed by atoms with Gasteiger partial charge in [0.1, 0.15) is 0 Å². The molecule has 5 heteroatoms. The summed E-state index contributed by atoms with van der Waals surface area (Å²) in [4.78, 5) is 24.9. The van der Waals surface area contributed by atoms with Crippen LogP contribution in [0.15, 0.2) is 36.4 Å². The summed E-state index contributed by atoms with van der Waals surface area (Å²) < 4.78 is 5.01. The molecule has 0 bridgehead atoms. The predicted octanol–water partition coefficient (Wildman–Crippen LogP) is 2.94. The Morgan fingerprint density at radius 2 is 1.83 bits per heavy atom. The van der Waals surface area contributed by atoms with Crippen LogP contribution in [0.1, 0.15) is 45.7 Å². The highest BCUT2D eigenvalue weighted by Gasteiger charge is 2.26. The van der Waals surface area contributed by atoms with Gasteiger partial charge in [-0.1, -0.05) is 37.3 Å². The predicted molar refractivity (Wildman–Crippen MR) is 87.7 cm³/mol. The van der Waals surface area contributed by atoms with Gasteiger partial charge >= 0.3 is 5.97 Å². The van der Waals surface area contributed by atoms with E-state index in [1.54, 1.807) is 37.3 Å². The highest BCUT2D eigenvalue weighted by Crippen LogP contribution is 2.34. The number of ether oxygens (including phenoxy) is 1. The normalized spacial score (nSPS) is 10.3. The number of phenols is 1. The molecule has 0 saturated heterocycles. The Balaban J connectivity index is 2.67. The number of benzene rings is 2. The summed E-state index contributed by atoms with van der Waals surface area (Å²) in [5.41, 5.74) is 6.87. The molecule has 0 heterocycles. The molecule has 0 aliphatic carbocycles. The van der Waals surface area contributed by atoms with E-state index in [0.29, 0.717) is 17.5 Å². The van der Waals surface area contributed by atoms with Crippen LogP contribution in [0.4, 0.5) is 5.69 Å². The second kappa shape index (κ2) is 6.96. The molecule has 0 unspecified atom stereocenters. The minimum Gasteiger partial charge on any atom is -0.505 e. The van der Waals surface area contributed by atoms with Gasteiger partial charge in [-0.15, -0.1) is 0 Å². The van der Waals surface area contributed by atoms with Crippen LogP contribution >= 0.6 is 0 Å². The number of carbonyl (C=O) groups is 2. The van der Waals surface area contributed by atoms with Gasteiger partial charge in [0.25, 0.3) is 0 Å². The number of carbonyl (C=O) groups excluding carboxylic acids is 2. The first-order valence-electron chi connectivity index (χ1n) is 7.42. The summed E-state index contributed by atoms with van der Waals surface area (Å²) in [6, 6.07) is 9.93. The minimum absolute atomic E-state index is 0.0317. The smallest absolute Gasteiger partial charge is 0.339 e. The maximum atomic E-state index is 12.7. The lowest BCUT2D eigenvalue weighted by Crippen LogP contribution is -2.15. The Bertz CT molecular complexity index is 738. The van der Waals surface area contributed by atoms with Crippen LogP contribution in [-0.2, 0) is 11.2 Å². The Labute approximate surface area is 134 Å². The van der Waals surface area contributed by atoms with Crippen LogP contribution in [0.5, 0.6) is 5.75 Å². The summed E-state index contributed by atoms with van der Waals surface area (Å²) in [7, 11) is 0. The minimum atomic E-state index is -0.656. The summed E-state index contributed by atoms with van der Waals surface area (Å²) in [6.07, 6.45) is 0.519. The molecule has 0 radical (unpaired) electrons. The maximum Gasteiger partial charge on any atom is 0.339 e. The third kappa shape index (κ3) is 3.18. The van der Waals surface area contributed by atoms with Crippen molar-refractivity contribution in [2.24, 2.45) is 0 Å². The standard InChI is InChI=1S/C18H19NO4/c1-3-11-10-13(18(22)23-4-2)14(17(21)15(11)19)16(20)12-8-6-5-7-9-12/h5-10,21H,3-4,19H2,1-2H3. The van der Waals surface area contributed by atoms with Gasteiger partial charge in [0.05, 0.1) is 23.4 Å². The monoisotopic (exact) mass is 313 g/mol. The molecular formula is C18H19NO4. The molecule has 120 valence electrons. The molecule has 0 amide bonds. The number of aryl methyl sites for hydroxylation is 1. The average Bonchev–Trinajstić information content (AvgIpc) is 2.57. The topological polar surface area (TPSA) is 89.6 Å². The van der Waals surface area contributed by atoms with Crippen molar-refractivity contribution in [2.75, 3.05) is 12.3 Å². The van der Waals surface area contributed by atoms with E-state index in [4.69, 9.17) is 10.5 Å². The zero-order valence-electron chi connectivity index (χ0n) is 13.1. The van der Waals surface area contributed by atoms with Crippen molar-refractivity contribution >= 4 is 17.4 Å². The Morgan fingerprint density at radius 3 is 2.39 bits per heavy atom. The Kier molecular flexibility index (Phi) is 5.01. The molecule has 0 spiro atoms. The van der Waals surface area contributed by atoms with Gasteiger partial charge in [0, 0.05) is 5.56 Å². The number of esters is 1. The number of aromatic hydroxyl groups is 1. The van der Waals surface area contributed by atoms with Crippen molar-refractivity contribution in [1.82, 2.24) is 0 Å². The molecule has 3 N–H and O–H groups in total. The lowest BCUT2D eigenvalue weighted by molar-refractivity contribution is 0.0523. The summed E-state index contributed by atoms with van der Waals surface area (Å²) in [6.45, 7) is 3.69. The van der Waals surface area contributed by atoms with E-state index in [9.17, 15) is 14.7 Å². The van der Waals surface area contributed by atoms with Gasteiger partial charge in [-0.25, -0.2) is 4.79 Å². The fourth-order valence-electron chi connectivity index (χ4n) is 2.36. The molecule has 0 fully saturated rings. The van der Waals surface area contributed by atoms with Crippen molar-refractivity contribution in [2.45, 2.75) is 20.3 Å². The van der Waals surface area contributed by atoms with E-state index in [2.05, 4.69) is 0 Å². The van der Waals surface area contributed by atoms with Crippen LogP contribution in [0.2, 0.25) is 0 Å². The number of ketones is 1. The molecule has 23 heavy (non-hydrogen) atoms. The van der Waals surface area contributed by atoms with Crippen molar-refractivity contribution in [3.63, 3.8) is 0 Å². The molecule has 0 atom stereocenters. The number of nitrogens with two attached hydrogens (primary N) is 1. The Hall–Kier alpha value is -2.82. The van der Waals surface area contributed by atoms with Gasteiger partial charge in [-0.2, -0.15) is 0 Å². The van der Waals surface area contributed by atoms with E-state index in [0.717, 1.165) is 0 Å². The van der Waals surface area contributed by atoms with Crippen LogP contribution in [0.3, 0.4) is 0 Å². The third-order valence-electron chi connectivity index (χ3n) is 3.57. The van der Waals surface area contributed by atoms with E-state index >= 15 is 0 Å². The first-order chi connectivity index (χ1) is 11.0.